The van der Waals surface area contributed by atoms with Crippen LogP contribution in [0.5, 0.6) is 5.75 Å². The molecule has 1 aliphatic rings. The molecule has 1 aliphatic heterocycles. The Bertz CT molecular complexity index is 897. The zero-order valence-corrected chi connectivity index (χ0v) is 19.2. The average molecular weight is 431 g/mol. The highest BCUT2D eigenvalue weighted by atomic mass is 35.5. The van der Waals surface area contributed by atoms with Crippen molar-refractivity contribution in [3.05, 3.63) is 35.9 Å². The van der Waals surface area contributed by atoms with Crippen LogP contribution < -0.4 is 9.64 Å². The second kappa shape index (κ2) is 9.48. The van der Waals surface area contributed by atoms with Gasteiger partial charge >= 0.3 is 13.6 Å². The van der Waals surface area contributed by atoms with Crippen molar-refractivity contribution in [3.63, 3.8) is 0 Å². The standard InChI is InChI=1S/C23H30BClNO4/c1-6-7-12-28-20-13-19-21(17-11-9-8-10-16(17)20)18(24-30-15(2)25)14-26(19)22(27)29-23(3,4)5/h8-11,13,15,18H,6-7,12,14H2,1-5H3/t15-,18+/m0/s1. The molecule has 1 amide bonds. The summed E-state index contributed by atoms with van der Waals surface area (Å²) in [6.45, 7) is 10.6. The van der Waals surface area contributed by atoms with Gasteiger partial charge in [-0.1, -0.05) is 49.2 Å². The number of halogens is 1. The number of fused-ring (bicyclic) bond motifs is 3. The maximum absolute atomic E-state index is 13.0. The first-order valence-corrected chi connectivity index (χ1v) is 11.0. The Kier molecular flexibility index (Phi) is 7.20. The van der Waals surface area contributed by atoms with Crippen LogP contribution >= 0.6 is 11.6 Å². The Balaban J connectivity index is 2.07. The summed E-state index contributed by atoms with van der Waals surface area (Å²) in [7, 11) is 1.73. The van der Waals surface area contributed by atoms with Crippen molar-refractivity contribution in [2.75, 3.05) is 18.1 Å². The number of carbonyl (C=O) groups is 1. The van der Waals surface area contributed by atoms with Gasteiger partial charge in [0, 0.05) is 23.8 Å². The maximum Gasteiger partial charge on any atom is 0.414 e. The van der Waals surface area contributed by atoms with E-state index in [-0.39, 0.29) is 11.9 Å². The molecule has 0 fully saturated rings. The summed E-state index contributed by atoms with van der Waals surface area (Å²) in [5, 5.41) is 2.07. The monoisotopic (exact) mass is 430 g/mol. The van der Waals surface area contributed by atoms with Crippen molar-refractivity contribution >= 4 is 41.6 Å². The third-order valence-corrected chi connectivity index (χ3v) is 4.97. The average Bonchev–Trinajstić information content (AvgIpc) is 3.04. The Morgan fingerprint density at radius 1 is 1.30 bits per heavy atom. The summed E-state index contributed by atoms with van der Waals surface area (Å²) in [6.07, 6.45) is 1.64. The molecule has 30 heavy (non-hydrogen) atoms. The predicted octanol–water partition coefficient (Wildman–Crippen LogP) is 6.04. The van der Waals surface area contributed by atoms with Gasteiger partial charge in [0.15, 0.2) is 0 Å². The van der Waals surface area contributed by atoms with Gasteiger partial charge in [-0.15, -0.1) is 0 Å². The summed E-state index contributed by atoms with van der Waals surface area (Å²) in [5.74, 6) is 0.655. The van der Waals surface area contributed by atoms with Gasteiger partial charge in [-0.2, -0.15) is 0 Å². The number of alkyl halides is 1. The Labute approximate surface area is 184 Å². The van der Waals surface area contributed by atoms with Gasteiger partial charge in [0.05, 0.1) is 12.3 Å². The van der Waals surface area contributed by atoms with Crippen LogP contribution in [0.3, 0.4) is 0 Å². The fourth-order valence-corrected chi connectivity index (χ4v) is 3.66. The molecule has 0 unspecified atom stereocenters. The normalized spacial score (nSPS) is 17.0. The smallest absolute Gasteiger partial charge is 0.414 e. The van der Waals surface area contributed by atoms with E-state index in [0.29, 0.717) is 13.2 Å². The lowest BCUT2D eigenvalue weighted by molar-refractivity contribution is 0.0583. The molecule has 0 N–H and O–H groups in total. The zero-order chi connectivity index (χ0) is 21.9. The Hall–Kier alpha value is -1.92. The largest absolute Gasteiger partial charge is 0.493 e. The molecule has 1 heterocycles. The number of rotatable bonds is 7. The first-order chi connectivity index (χ1) is 14.2. The van der Waals surface area contributed by atoms with Crippen LogP contribution in [0.2, 0.25) is 0 Å². The number of carbonyl (C=O) groups excluding carboxylic acids is 1. The number of benzene rings is 2. The summed E-state index contributed by atoms with van der Waals surface area (Å²) < 4.78 is 17.4. The second-order valence-electron chi connectivity index (χ2n) is 8.57. The van der Waals surface area contributed by atoms with E-state index in [9.17, 15) is 4.79 Å². The van der Waals surface area contributed by atoms with Crippen LogP contribution in [0, 0.1) is 0 Å². The second-order valence-corrected chi connectivity index (χ2v) is 9.18. The predicted molar refractivity (Wildman–Crippen MR) is 123 cm³/mol. The molecule has 0 saturated heterocycles. The van der Waals surface area contributed by atoms with Crippen molar-refractivity contribution in [3.8, 4) is 5.75 Å². The van der Waals surface area contributed by atoms with E-state index >= 15 is 0 Å². The van der Waals surface area contributed by atoms with Gasteiger partial charge in [0.1, 0.15) is 16.9 Å². The lowest BCUT2D eigenvalue weighted by Crippen LogP contribution is -2.36. The highest BCUT2D eigenvalue weighted by molar-refractivity contribution is 6.34. The van der Waals surface area contributed by atoms with E-state index in [0.717, 1.165) is 40.6 Å². The van der Waals surface area contributed by atoms with Crippen molar-refractivity contribution in [1.29, 1.82) is 0 Å². The molecule has 0 aromatic heterocycles. The van der Waals surface area contributed by atoms with E-state index in [1.807, 2.05) is 39.0 Å². The van der Waals surface area contributed by atoms with Crippen molar-refractivity contribution in [1.82, 2.24) is 0 Å². The van der Waals surface area contributed by atoms with Crippen LogP contribution in [0.1, 0.15) is 58.8 Å². The molecule has 161 valence electrons. The summed E-state index contributed by atoms with van der Waals surface area (Å²) in [4.78, 5) is 14.7. The summed E-state index contributed by atoms with van der Waals surface area (Å²) in [6, 6.07) is 10.1. The van der Waals surface area contributed by atoms with Crippen molar-refractivity contribution < 1.29 is 18.9 Å². The van der Waals surface area contributed by atoms with Crippen LogP contribution in [-0.2, 0) is 9.39 Å². The molecule has 2 aromatic rings. The molecule has 0 spiro atoms. The number of hydrogen-bond acceptors (Lipinski definition) is 4. The van der Waals surface area contributed by atoms with Gasteiger partial charge in [0.2, 0.25) is 0 Å². The molecule has 3 rings (SSSR count). The zero-order valence-electron chi connectivity index (χ0n) is 18.4. The quantitative estimate of drug-likeness (QED) is 0.305. The molecule has 1 radical (unpaired) electrons. The van der Waals surface area contributed by atoms with E-state index in [2.05, 4.69) is 19.1 Å². The Morgan fingerprint density at radius 2 is 2.00 bits per heavy atom. The molecule has 7 heteroatoms. The molecular weight excluding hydrogens is 401 g/mol. The third-order valence-electron chi connectivity index (χ3n) is 4.87. The lowest BCUT2D eigenvalue weighted by atomic mass is 9.74. The fourth-order valence-electron chi connectivity index (χ4n) is 3.60. The molecule has 0 bridgehead atoms. The van der Waals surface area contributed by atoms with E-state index < -0.39 is 11.2 Å². The molecule has 0 aliphatic carbocycles. The summed E-state index contributed by atoms with van der Waals surface area (Å²) in [5.41, 5.74) is 0.780. The van der Waals surface area contributed by atoms with Gasteiger partial charge in [-0.05, 0) is 45.1 Å². The molecule has 0 saturated carbocycles. The van der Waals surface area contributed by atoms with E-state index in [1.165, 1.54) is 0 Å². The van der Waals surface area contributed by atoms with Crippen LogP contribution in [0.4, 0.5) is 10.5 Å². The van der Waals surface area contributed by atoms with Gasteiger partial charge in [0.25, 0.3) is 0 Å². The van der Waals surface area contributed by atoms with Gasteiger partial charge in [-0.3, -0.25) is 4.90 Å². The SMILES string of the molecule is CCCCOc1cc2c(c3ccccc13)[C@H]([B]O[C@@H](C)Cl)CN2C(=O)OC(C)(C)C. The van der Waals surface area contributed by atoms with Crippen LogP contribution in [-0.4, -0.2) is 37.9 Å². The Morgan fingerprint density at radius 3 is 2.63 bits per heavy atom. The van der Waals surface area contributed by atoms with Gasteiger partial charge < -0.3 is 14.1 Å². The highest BCUT2D eigenvalue weighted by Gasteiger charge is 2.38. The maximum atomic E-state index is 13.0. The number of nitrogens with zero attached hydrogens (tertiary/aromatic N) is 1. The van der Waals surface area contributed by atoms with Crippen LogP contribution in [0.25, 0.3) is 10.8 Å². The van der Waals surface area contributed by atoms with Crippen molar-refractivity contribution in [2.45, 2.75) is 64.4 Å². The van der Waals surface area contributed by atoms with E-state index in [1.54, 1.807) is 19.3 Å². The molecule has 5 nitrogen and oxygen atoms in total. The minimum atomic E-state index is -0.586. The van der Waals surface area contributed by atoms with Crippen LogP contribution in [0.15, 0.2) is 30.3 Å². The fraction of sp³-hybridized carbons (Fsp3) is 0.522. The number of hydrogen-bond donors (Lipinski definition) is 0. The summed E-state index contributed by atoms with van der Waals surface area (Å²) >= 11 is 6.01. The lowest BCUT2D eigenvalue weighted by Gasteiger charge is -2.25. The molecule has 2 aromatic carbocycles. The number of anilines is 1. The van der Waals surface area contributed by atoms with Gasteiger partial charge in [-0.25, -0.2) is 4.79 Å². The van der Waals surface area contributed by atoms with Crippen molar-refractivity contribution in [2.24, 2.45) is 0 Å². The minimum Gasteiger partial charge on any atom is -0.493 e. The third kappa shape index (κ3) is 5.22. The number of ether oxygens (including phenoxy) is 2. The van der Waals surface area contributed by atoms with E-state index in [4.69, 9.17) is 25.7 Å². The number of amides is 1. The molecular formula is C23H30BClNO4. The molecule has 2 atom stereocenters. The highest BCUT2D eigenvalue weighted by Crippen LogP contribution is 2.45. The topological polar surface area (TPSA) is 48.0 Å². The minimum absolute atomic E-state index is 0.122. The first kappa shape index (κ1) is 22.8. The number of unbranched alkanes of at least 4 members (excludes halogenated alkanes) is 1. The first-order valence-electron chi connectivity index (χ1n) is 10.5.